The molecule has 2 aromatic rings. The number of nitrogens with one attached hydrogen (secondary N) is 3. The highest BCUT2D eigenvalue weighted by Gasteiger charge is 2.30. The second-order valence-electron chi connectivity index (χ2n) is 7.50. The van der Waals surface area contributed by atoms with Crippen molar-refractivity contribution >= 4 is 17.5 Å². The Balaban J connectivity index is 1.68. The van der Waals surface area contributed by atoms with Gasteiger partial charge < -0.3 is 20.7 Å². The second kappa shape index (κ2) is 9.56. The van der Waals surface area contributed by atoms with E-state index in [1.54, 1.807) is 19.2 Å². The van der Waals surface area contributed by atoms with Crippen LogP contribution in [0.4, 0.5) is 5.69 Å². The molecule has 3 atom stereocenters. The minimum absolute atomic E-state index is 0.000402. The van der Waals surface area contributed by atoms with Gasteiger partial charge in [0.15, 0.2) is 0 Å². The average Bonchev–Trinajstić information content (AvgIpc) is 2.76. The van der Waals surface area contributed by atoms with Crippen LogP contribution in [0.2, 0.25) is 0 Å². The van der Waals surface area contributed by atoms with Gasteiger partial charge in [-0.1, -0.05) is 50.6 Å². The Labute approximate surface area is 172 Å². The highest BCUT2D eigenvalue weighted by atomic mass is 16.5. The van der Waals surface area contributed by atoms with Crippen LogP contribution in [-0.4, -0.2) is 31.0 Å². The van der Waals surface area contributed by atoms with Gasteiger partial charge in [-0.15, -0.1) is 0 Å². The molecule has 29 heavy (non-hydrogen) atoms. The van der Waals surface area contributed by atoms with Gasteiger partial charge in [0, 0.05) is 18.3 Å². The highest BCUT2D eigenvalue weighted by molar-refractivity contribution is 5.98. The van der Waals surface area contributed by atoms with Gasteiger partial charge >= 0.3 is 0 Å². The zero-order valence-corrected chi connectivity index (χ0v) is 17.2. The molecular formula is C23H29N3O3. The number of fused-ring (bicyclic) bond motifs is 1. The number of carbonyl (C=O) groups excluding carboxylic acids is 2. The van der Waals surface area contributed by atoms with E-state index in [9.17, 15) is 9.59 Å². The van der Waals surface area contributed by atoms with Crippen molar-refractivity contribution in [2.75, 3.05) is 12.4 Å². The summed E-state index contributed by atoms with van der Waals surface area (Å²) < 4.78 is 5.21. The number of hydrogen-bond acceptors (Lipinski definition) is 4. The van der Waals surface area contributed by atoms with E-state index in [4.69, 9.17) is 4.74 Å². The Kier molecular flexibility index (Phi) is 6.88. The van der Waals surface area contributed by atoms with Gasteiger partial charge in [0.05, 0.1) is 13.2 Å². The SMILES string of the molecule is CC[C@H](C)[C@H](NC(=O)[C@H]1Cc2ccccc2CN1)C(=O)Nc1cccc(OC)c1. The zero-order chi connectivity index (χ0) is 20.8. The van der Waals surface area contributed by atoms with Crippen LogP contribution in [0, 0.1) is 5.92 Å². The maximum Gasteiger partial charge on any atom is 0.247 e. The van der Waals surface area contributed by atoms with Crippen molar-refractivity contribution in [3.8, 4) is 5.75 Å². The number of methoxy groups -OCH3 is 1. The lowest BCUT2D eigenvalue weighted by molar-refractivity contribution is -0.129. The van der Waals surface area contributed by atoms with Gasteiger partial charge in [0.2, 0.25) is 11.8 Å². The molecule has 1 aliphatic rings. The van der Waals surface area contributed by atoms with Gasteiger partial charge in [-0.2, -0.15) is 0 Å². The van der Waals surface area contributed by atoms with Crippen molar-refractivity contribution < 1.29 is 14.3 Å². The number of ether oxygens (including phenoxy) is 1. The fraction of sp³-hybridized carbons (Fsp3) is 0.391. The first-order chi connectivity index (χ1) is 14.0. The maximum absolute atomic E-state index is 12.9. The molecule has 0 radical (unpaired) electrons. The molecule has 0 bridgehead atoms. The molecule has 154 valence electrons. The number of rotatable bonds is 7. The summed E-state index contributed by atoms with van der Waals surface area (Å²) in [4.78, 5) is 25.9. The Bertz CT molecular complexity index is 868. The molecule has 3 N–H and O–H groups in total. The Hall–Kier alpha value is -2.86. The molecule has 0 saturated heterocycles. The lowest BCUT2D eigenvalue weighted by Gasteiger charge is -2.29. The maximum atomic E-state index is 12.9. The number of benzene rings is 2. The van der Waals surface area contributed by atoms with Gasteiger partial charge in [0.1, 0.15) is 11.8 Å². The second-order valence-corrected chi connectivity index (χ2v) is 7.50. The summed E-state index contributed by atoms with van der Waals surface area (Å²) in [5, 5.41) is 9.15. The van der Waals surface area contributed by atoms with Crippen molar-refractivity contribution in [3.05, 3.63) is 59.7 Å². The minimum atomic E-state index is -0.613. The molecule has 2 amide bonds. The Morgan fingerprint density at radius 3 is 2.66 bits per heavy atom. The number of hydrogen-bond donors (Lipinski definition) is 3. The van der Waals surface area contributed by atoms with E-state index in [0.717, 1.165) is 6.42 Å². The van der Waals surface area contributed by atoms with Crippen LogP contribution in [0.15, 0.2) is 48.5 Å². The van der Waals surface area contributed by atoms with E-state index in [1.165, 1.54) is 11.1 Å². The van der Waals surface area contributed by atoms with Crippen molar-refractivity contribution in [3.63, 3.8) is 0 Å². The lowest BCUT2D eigenvalue weighted by atomic mass is 9.94. The molecular weight excluding hydrogens is 366 g/mol. The molecule has 6 heteroatoms. The van der Waals surface area contributed by atoms with Crippen molar-refractivity contribution in [1.82, 2.24) is 10.6 Å². The normalized spacial score (nSPS) is 17.6. The molecule has 6 nitrogen and oxygen atoms in total. The molecule has 0 fully saturated rings. The largest absolute Gasteiger partial charge is 0.497 e. The van der Waals surface area contributed by atoms with Crippen LogP contribution < -0.4 is 20.7 Å². The molecule has 2 aromatic carbocycles. The summed E-state index contributed by atoms with van der Waals surface area (Å²) in [6.07, 6.45) is 1.39. The third-order valence-corrected chi connectivity index (χ3v) is 5.53. The van der Waals surface area contributed by atoms with E-state index < -0.39 is 6.04 Å². The van der Waals surface area contributed by atoms with Crippen LogP contribution >= 0.6 is 0 Å². The van der Waals surface area contributed by atoms with Crippen molar-refractivity contribution in [2.24, 2.45) is 5.92 Å². The smallest absolute Gasteiger partial charge is 0.247 e. The first-order valence-electron chi connectivity index (χ1n) is 10.1. The first-order valence-corrected chi connectivity index (χ1v) is 10.1. The number of anilines is 1. The quantitative estimate of drug-likeness (QED) is 0.674. The molecule has 3 rings (SSSR count). The van der Waals surface area contributed by atoms with Gasteiger partial charge in [0.25, 0.3) is 0 Å². The Morgan fingerprint density at radius 2 is 1.93 bits per heavy atom. The molecule has 1 heterocycles. The molecule has 0 aromatic heterocycles. The number of carbonyl (C=O) groups is 2. The van der Waals surface area contributed by atoms with Crippen LogP contribution in [0.3, 0.4) is 0 Å². The summed E-state index contributed by atoms with van der Waals surface area (Å²) >= 11 is 0. The number of amides is 2. The molecule has 0 aliphatic carbocycles. The summed E-state index contributed by atoms with van der Waals surface area (Å²) in [6.45, 7) is 4.63. The lowest BCUT2D eigenvalue weighted by Crippen LogP contribution is -2.55. The monoisotopic (exact) mass is 395 g/mol. The van der Waals surface area contributed by atoms with Crippen LogP contribution in [0.1, 0.15) is 31.4 Å². The van der Waals surface area contributed by atoms with Crippen molar-refractivity contribution in [2.45, 2.75) is 45.3 Å². The third-order valence-electron chi connectivity index (χ3n) is 5.53. The Morgan fingerprint density at radius 1 is 1.17 bits per heavy atom. The van der Waals surface area contributed by atoms with Crippen molar-refractivity contribution in [1.29, 1.82) is 0 Å². The van der Waals surface area contributed by atoms with E-state index in [1.807, 2.05) is 38.1 Å². The summed E-state index contributed by atoms with van der Waals surface area (Å²) in [5.41, 5.74) is 3.03. The highest BCUT2D eigenvalue weighted by Crippen LogP contribution is 2.19. The van der Waals surface area contributed by atoms with E-state index >= 15 is 0 Å². The van der Waals surface area contributed by atoms with Gasteiger partial charge in [-0.25, -0.2) is 0 Å². The summed E-state index contributed by atoms with van der Waals surface area (Å²) in [6, 6.07) is 14.3. The predicted molar refractivity (Wildman–Crippen MR) is 114 cm³/mol. The van der Waals surface area contributed by atoms with Crippen LogP contribution in [0.5, 0.6) is 5.75 Å². The van der Waals surface area contributed by atoms with Gasteiger partial charge in [-0.3, -0.25) is 9.59 Å². The molecule has 0 unspecified atom stereocenters. The first kappa shape index (κ1) is 20.9. The summed E-state index contributed by atoms with van der Waals surface area (Å²) in [7, 11) is 1.58. The van der Waals surface area contributed by atoms with E-state index in [2.05, 4.69) is 28.1 Å². The molecule has 0 spiro atoms. The predicted octanol–water partition coefficient (Wildman–Crippen LogP) is 2.88. The van der Waals surface area contributed by atoms with Crippen LogP contribution in [0.25, 0.3) is 0 Å². The topological polar surface area (TPSA) is 79.5 Å². The fourth-order valence-corrected chi connectivity index (χ4v) is 3.52. The summed E-state index contributed by atoms with van der Waals surface area (Å²) in [5.74, 6) is 0.292. The minimum Gasteiger partial charge on any atom is -0.497 e. The zero-order valence-electron chi connectivity index (χ0n) is 17.2. The molecule has 1 aliphatic heterocycles. The van der Waals surface area contributed by atoms with Gasteiger partial charge in [-0.05, 0) is 35.6 Å². The molecule has 0 saturated carbocycles. The average molecular weight is 396 g/mol. The fourth-order valence-electron chi connectivity index (χ4n) is 3.52. The van der Waals surface area contributed by atoms with Crippen LogP contribution in [-0.2, 0) is 22.6 Å². The standard InChI is InChI=1S/C23H29N3O3/c1-4-15(2)21(23(28)25-18-10-7-11-19(13-18)29-3)26-22(27)20-12-16-8-5-6-9-17(16)14-24-20/h5-11,13,15,20-21,24H,4,12,14H2,1-3H3,(H,25,28)(H,26,27)/t15-,20+,21-/m0/s1. The van der Waals surface area contributed by atoms with E-state index in [0.29, 0.717) is 24.4 Å². The van der Waals surface area contributed by atoms with E-state index in [-0.39, 0.29) is 23.8 Å². The third kappa shape index (κ3) is 5.15.